The van der Waals surface area contributed by atoms with Crippen molar-refractivity contribution in [2.24, 2.45) is 10.7 Å². The van der Waals surface area contributed by atoms with E-state index in [0.29, 0.717) is 0 Å². The van der Waals surface area contributed by atoms with Crippen molar-refractivity contribution >= 4 is 6.02 Å². The minimum Gasteiger partial charge on any atom is -0.460 e. The zero-order valence-corrected chi connectivity index (χ0v) is 8.55. The number of halogens is 2. The minimum atomic E-state index is -3.24. The Morgan fingerprint density at radius 2 is 1.93 bits per heavy atom. The number of aliphatic hydroxyl groups excluding tert-OH is 1. The highest BCUT2D eigenvalue weighted by Crippen LogP contribution is 2.12. The van der Waals surface area contributed by atoms with Crippen molar-refractivity contribution in [2.45, 2.75) is 32.3 Å². The highest BCUT2D eigenvalue weighted by atomic mass is 19.3. The van der Waals surface area contributed by atoms with Gasteiger partial charge in [0, 0.05) is 0 Å². The second-order valence-electron chi connectivity index (χ2n) is 3.88. The highest BCUT2D eigenvalue weighted by Gasteiger charge is 2.27. The molecule has 0 saturated carbocycles. The van der Waals surface area contributed by atoms with Crippen molar-refractivity contribution < 1.29 is 18.6 Å². The molecule has 0 aliphatic rings. The molecule has 0 rings (SSSR count). The first kappa shape index (κ1) is 13.1. The van der Waals surface area contributed by atoms with Gasteiger partial charge in [0.25, 0.3) is 11.9 Å². The third-order valence-electron chi connectivity index (χ3n) is 1.11. The molecule has 3 N–H and O–H groups in total. The largest absolute Gasteiger partial charge is 0.460 e. The average Bonchev–Trinajstić information content (AvgIpc) is 1.98. The number of nitrogens with two attached hydrogens (primary N) is 1. The van der Waals surface area contributed by atoms with Crippen LogP contribution in [0.15, 0.2) is 4.99 Å². The number of aliphatic imine (C=N–C) groups is 1. The summed E-state index contributed by atoms with van der Waals surface area (Å²) in [6.45, 7) is 3.05. The minimum absolute atomic E-state index is 0.300. The molecule has 0 radical (unpaired) electrons. The summed E-state index contributed by atoms with van der Waals surface area (Å²) in [7, 11) is 0. The van der Waals surface area contributed by atoms with Crippen LogP contribution in [0.5, 0.6) is 0 Å². The molecule has 0 heterocycles. The lowest BCUT2D eigenvalue weighted by Gasteiger charge is -2.20. The predicted octanol–water partition coefficient (Wildman–Crippen LogP) is 0.744. The Kier molecular flexibility index (Phi) is 4.25. The van der Waals surface area contributed by atoms with Gasteiger partial charge < -0.3 is 15.6 Å². The van der Waals surface area contributed by atoms with Gasteiger partial charge in [-0.1, -0.05) is 0 Å². The van der Waals surface area contributed by atoms with Crippen LogP contribution in [0.3, 0.4) is 0 Å². The van der Waals surface area contributed by atoms with Gasteiger partial charge in [0.05, 0.1) is 0 Å². The maximum absolute atomic E-state index is 12.5. The Hall–Kier alpha value is -0.910. The maximum Gasteiger partial charge on any atom is 0.289 e. The molecular weight excluding hydrogens is 194 g/mol. The number of hydrogen-bond acceptors (Lipinski definition) is 3. The van der Waals surface area contributed by atoms with Gasteiger partial charge >= 0.3 is 0 Å². The summed E-state index contributed by atoms with van der Waals surface area (Å²) in [5.41, 5.74) is 4.67. The number of ether oxygens (including phenoxy) is 1. The van der Waals surface area contributed by atoms with E-state index in [1.54, 1.807) is 20.8 Å². The van der Waals surface area contributed by atoms with Crippen LogP contribution in [-0.4, -0.2) is 35.8 Å². The van der Waals surface area contributed by atoms with Crippen LogP contribution in [0.25, 0.3) is 0 Å². The Morgan fingerprint density at radius 1 is 1.43 bits per heavy atom. The van der Waals surface area contributed by atoms with Crippen LogP contribution in [0, 0.1) is 0 Å². The Labute approximate surface area is 81.8 Å². The number of aliphatic hydroxyl groups is 1. The highest BCUT2D eigenvalue weighted by molar-refractivity contribution is 5.71. The Morgan fingerprint density at radius 3 is 2.29 bits per heavy atom. The molecule has 0 aromatic carbocycles. The molecule has 0 aromatic heterocycles. The van der Waals surface area contributed by atoms with Crippen LogP contribution in [0.1, 0.15) is 20.8 Å². The third-order valence-corrected chi connectivity index (χ3v) is 1.11. The van der Waals surface area contributed by atoms with E-state index in [-0.39, 0.29) is 6.02 Å². The fourth-order valence-corrected chi connectivity index (χ4v) is 0.590. The van der Waals surface area contributed by atoms with Gasteiger partial charge in [0.1, 0.15) is 18.8 Å². The van der Waals surface area contributed by atoms with E-state index >= 15 is 0 Å². The van der Waals surface area contributed by atoms with Crippen LogP contribution in [-0.2, 0) is 4.74 Å². The van der Waals surface area contributed by atoms with E-state index in [1.165, 1.54) is 0 Å². The maximum atomic E-state index is 12.5. The third kappa shape index (κ3) is 6.59. The summed E-state index contributed by atoms with van der Waals surface area (Å²) in [6.07, 6.45) is 0. The molecule has 0 aromatic rings. The fraction of sp³-hybridized carbons (Fsp3) is 0.875. The molecule has 4 nitrogen and oxygen atoms in total. The van der Waals surface area contributed by atoms with Gasteiger partial charge in [-0.3, -0.25) is 0 Å². The van der Waals surface area contributed by atoms with Crippen molar-refractivity contribution in [1.82, 2.24) is 0 Å². The molecule has 0 unspecified atom stereocenters. The van der Waals surface area contributed by atoms with E-state index in [1.807, 2.05) is 0 Å². The normalized spacial score (nSPS) is 14.3. The number of nitrogens with zero attached hydrogens (tertiary/aromatic N) is 1. The molecular formula is C8H16F2N2O2. The van der Waals surface area contributed by atoms with Gasteiger partial charge in [0.15, 0.2) is 0 Å². The lowest BCUT2D eigenvalue weighted by atomic mass is 10.2. The Balaban J connectivity index is 4.14. The van der Waals surface area contributed by atoms with E-state index in [2.05, 4.69) is 4.99 Å². The van der Waals surface area contributed by atoms with E-state index < -0.39 is 24.7 Å². The molecule has 0 aliphatic heterocycles. The molecule has 0 amide bonds. The van der Waals surface area contributed by atoms with Crippen molar-refractivity contribution in [3.05, 3.63) is 0 Å². The van der Waals surface area contributed by atoms with E-state index in [0.717, 1.165) is 0 Å². The molecule has 84 valence electrons. The summed E-state index contributed by atoms with van der Waals surface area (Å²) >= 11 is 0. The summed E-state index contributed by atoms with van der Waals surface area (Å²) in [5, 5.41) is 8.24. The topological polar surface area (TPSA) is 67.8 Å². The summed E-state index contributed by atoms with van der Waals surface area (Å²) in [4.78, 5) is 3.31. The van der Waals surface area contributed by atoms with Gasteiger partial charge in [-0.15, -0.1) is 0 Å². The second kappa shape index (κ2) is 4.54. The lowest BCUT2D eigenvalue weighted by molar-refractivity contribution is -0.0411. The van der Waals surface area contributed by atoms with Crippen LogP contribution >= 0.6 is 0 Å². The van der Waals surface area contributed by atoms with E-state index in [4.69, 9.17) is 15.6 Å². The molecule has 0 saturated heterocycles. The van der Waals surface area contributed by atoms with Crippen LogP contribution in [0.4, 0.5) is 8.78 Å². The summed E-state index contributed by atoms with van der Waals surface area (Å²) in [5.74, 6) is -3.24. The molecule has 0 aliphatic carbocycles. The molecule has 0 bridgehead atoms. The molecule has 0 fully saturated rings. The number of hydrogen-bond donors (Lipinski definition) is 2. The van der Waals surface area contributed by atoms with E-state index in [9.17, 15) is 8.78 Å². The zero-order valence-electron chi connectivity index (χ0n) is 8.55. The fourth-order valence-electron chi connectivity index (χ4n) is 0.590. The SMILES string of the molecule is CC(C)(C)OC(N)=NCC(F)(F)CO. The quantitative estimate of drug-likeness (QED) is 0.533. The number of amidine groups is 1. The smallest absolute Gasteiger partial charge is 0.289 e. The molecule has 0 atom stereocenters. The monoisotopic (exact) mass is 210 g/mol. The van der Waals surface area contributed by atoms with Gasteiger partial charge in [-0.25, -0.2) is 13.8 Å². The molecule has 14 heavy (non-hydrogen) atoms. The first-order valence-electron chi connectivity index (χ1n) is 4.14. The number of alkyl halides is 2. The zero-order chi connectivity index (χ0) is 11.4. The molecule has 6 heteroatoms. The first-order valence-corrected chi connectivity index (χ1v) is 4.14. The average molecular weight is 210 g/mol. The lowest BCUT2D eigenvalue weighted by Crippen LogP contribution is -2.32. The Bertz CT molecular complexity index is 212. The number of rotatable bonds is 3. The molecule has 0 spiro atoms. The summed E-state index contributed by atoms with van der Waals surface area (Å²) in [6, 6.07) is -0.300. The van der Waals surface area contributed by atoms with Gasteiger partial charge in [0.2, 0.25) is 0 Å². The first-order chi connectivity index (χ1) is 6.16. The predicted molar refractivity (Wildman–Crippen MR) is 49.4 cm³/mol. The van der Waals surface area contributed by atoms with Crippen molar-refractivity contribution in [1.29, 1.82) is 0 Å². The van der Waals surface area contributed by atoms with Crippen LogP contribution < -0.4 is 5.73 Å². The van der Waals surface area contributed by atoms with Crippen molar-refractivity contribution in [3.63, 3.8) is 0 Å². The van der Waals surface area contributed by atoms with Gasteiger partial charge in [-0.2, -0.15) is 0 Å². The second-order valence-corrected chi connectivity index (χ2v) is 3.88. The summed E-state index contributed by atoms with van der Waals surface area (Å²) < 4.78 is 29.9. The van der Waals surface area contributed by atoms with Crippen molar-refractivity contribution in [3.8, 4) is 0 Å². The van der Waals surface area contributed by atoms with Crippen molar-refractivity contribution in [2.75, 3.05) is 13.2 Å². The van der Waals surface area contributed by atoms with Crippen LogP contribution in [0.2, 0.25) is 0 Å². The standard InChI is InChI=1S/C8H16F2N2O2/c1-7(2,3)14-6(11)12-4-8(9,10)5-13/h13H,4-5H2,1-3H3,(H2,11,12). The van der Waals surface area contributed by atoms with Gasteiger partial charge in [-0.05, 0) is 20.8 Å².